The molecule has 0 radical (unpaired) electrons. The van der Waals surface area contributed by atoms with Gasteiger partial charge in [-0.1, -0.05) is 133 Å². The summed E-state index contributed by atoms with van der Waals surface area (Å²) < 4.78 is 0. The third-order valence-electron chi connectivity index (χ3n) is 11.5. The van der Waals surface area contributed by atoms with Crippen molar-refractivity contribution in [2.75, 3.05) is 0 Å². The Kier molecular flexibility index (Phi) is 8.50. The van der Waals surface area contributed by atoms with Crippen LogP contribution in [0.3, 0.4) is 0 Å². The van der Waals surface area contributed by atoms with Gasteiger partial charge in [0.15, 0.2) is 5.69 Å². The number of fused-ring (bicyclic) bond motifs is 4. The Morgan fingerprint density at radius 2 is 0.783 bits per heavy atom. The summed E-state index contributed by atoms with van der Waals surface area (Å²) in [6.07, 6.45) is 3.60. The van der Waals surface area contributed by atoms with Gasteiger partial charge in [0, 0.05) is 12.4 Å². The van der Waals surface area contributed by atoms with Gasteiger partial charge in [-0.15, -0.1) is 0 Å². The molecule has 0 aliphatic carbocycles. The largest absolute Gasteiger partial charge is 0.255 e. The van der Waals surface area contributed by atoms with E-state index in [1.54, 1.807) is 12.4 Å². The van der Waals surface area contributed by atoms with E-state index in [1.807, 2.05) is 42.5 Å². The smallest absolute Gasteiger partial charge is 0.187 e. The van der Waals surface area contributed by atoms with Gasteiger partial charge >= 0.3 is 0 Å². The fraction of sp³-hybridized carbons (Fsp3) is 0. The van der Waals surface area contributed by atoms with E-state index in [-0.39, 0.29) is 0 Å². The van der Waals surface area contributed by atoms with Crippen molar-refractivity contribution in [2.45, 2.75) is 0 Å². The van der Waals surface area contributed by atoms with Crippen LogP contribution in [0.25, 0.3) is 115 Å². The van der Waals surface area contributed by atoms with E-state index in [9.17, 15) is 0 Å². The summed E-state index contributed by atoms with van der Waals surface area (Å²) in [5.74, 6) is 0. The zero-order chi connectivity index (χ0) is 40.0. The van der Waals surface area contributed by atoms with Gasteiger partial charge in [0.05, 0.1) is 29.3 Å². The standard InChI is InChI=1S/C56H34N4/c1-57-46-25-27-48-50(35-46)56(44-23-21-37-11-3-5-13-41(37)31-44)47-26-24-42(32-49(47)55(48)43-22-20-36-10-2-4-12-40(36)30-43)38-16-18-39(19-17-38)45-33-53(51-14-6-8-28-58-51)60-54(34-45)52-15-7-9-29-59-52/h2-35H. The Morgan fingerprint density at radius 3 is 1.32 bits per heavy atom. The van der Waals surface area contributed by atoms with Crippen LogP contribution in [0.5, 0.6) is 0 Å². The second-order valence-corrected chi connectivity index (χ2v) is 15.1. The van der Waals surface area contributed by atoms with E-state index >= 15 is 0 Å². The van der Waals surface area contributed by atoms with Gasteiger partial charge in [-0.3, -0.25) is 9.97 Å². The molecule has 3 aromatic heterocycles. The molecular weight excluding hydrogens is 729 g/mol. The molecule has 0 N–H and O–H groups in total. The highest BCUT2D eigenvalue weighted by molar-refractivity contribution is 6.23. The molecule has 60 heavy (non-hydrogen) atoms. The lowest BCUT2D eigenvalue weighted by Gasteiger charge is -2.20. The average Bonchev–Trinajstić information content (AvgIpc) is 3.33. The van der Waals surface area contributed by atoms with Gasteiger partial charge in [0.25, 0.3) is 0 Å². The minimum Gasteiger partial charge on any atom is -0.255 e. The summed E-state index contributed by atoms with van der Waals surface area (Å²) in [6, 6.07) is 68.3. The molecule has 0 saturated heterocycles. The molecule has 0 bridgehead atoms. The van der Waals surface area contributed by atoms with Crippen LogP contribution < -0.4 is 0 Å². The molecular formula is C56H34N4. The van der Waals surface area contributed by atoms with Crippen molar-refractivity contribution in [2.24, 2.45) is 0 Å². The zero-order valence-electron chi connectivity index (χ0n) is 32.4. The molecule has 0 fully saturated rings. The van der Waals surface area contributed by atoms with Crippen LogP contribution in [0.15, 0.2) is 207 Å². The van der Waals surface area contributed by atoms with Crippen LogP contribution in [0, 0.1) is 6.57 Å². The minimum atomic E-state index is 0.624. The summed E-state index contributed by atoms with van der Waals surface area (Å²) in [5, 5.41) is 9.26. The van der Waals surface area contributed by atoms with Gasteiger partial charge in [-0.25, -0.2) is 9.83 Å². The molecule has 11 rings (SSSR count). The lowest BCUT2D eigenvalue weighted by Crippen LogP contribution is -1.94. The molecule has 0 unspecified atom stereocenters. The fourth-order valence-corrected chi connectivity index (χ4v) is 8.62. The van der Waals surface area contributed by atoms with E-state index in [2.05, 4.69) is 166 Å². The molecule has 0 amide bonds. The van der Waals surface area contributed by atoms with Crippen molar-refractivity contribution in [1.82, 2.24) is 15.0 Å². The van der Waals surface area contributed by atoms with Crippen molar-refractivity contribution in [3.8, 4) is 67.3 Å². The van der Waals surface area contributed by atoms with E-state index < -0.39 is 0 Å². The molecule has 4 nitrogen and oxygen atoms in total. The van der Waals surface area contributed by atoms with Crippen LogP contribution in [-0.2, 0) is 0 Å². The third-order valence-corrected chi connectivity index (χ3v) is 11.5. The van der Waals surface area contributed by atoms with E-state index in [1.165, 1.54) is 21.5 Å². The van der Waals surface area contributed by atoms with Crippen LogP contribution in [0.2, 0.25) is 0 Å². The molecule has 0 saturated carbocycles. The van der Waals surface area contributed by atoms with Gasteiger partial charge < -0.3 is 0 Å². The first-order valence-corrected chi connectivity index (χ1v) is 20.0. The maximum atomic E-state index is 7.98. The topological polar surface area (TPSA) is 43.0 Å². The lowest BCUT2D eigenvalue weighted by molar-refractivity contribution is 1.22. The molecule has 3 heterocycles. The minimum absolute atomic E-state index is 0.624. The lowest BCUT2D eigenvalue weighted by atomic mass is 9.84. The quantitative estimate of drug-likeness (QED) is 0.125. The number of aromatic nitrogens is 3. The Bertz CT molecular complexity index is 3420. The molecule has 278 valence electrons. The van der Waals surface area contributed by atoms with Crippen LogP contribution in [-0.4, -0.2) is 15.0 Å². The number of benzene rings is 8. The summed E-state index contributed by atoms with van der Waals surface area (Å²) in [5.41, 5.74) is 12.8. The van der Waals surface area contributed by atoms with Crippen LogP contribution in [0.1, 0.15) is 0 Å². The number of pyridine rings is 3. The highest BCUT2D eigenvalue weighted by atomic mass is 14.8. The summed E-state index contributed by atoms with van der Waals surface area (Å²) >= 11 is 0. The number of nitrogens with zero attached hydrogens (tertiary/aromatic N) is 4. The fourth-order valence-electron chi connectivity index (χ4n) is 8.62. The number of rotatable bonds is 6. The van der Waals surface area contributed by atoms with E-state index in [4.69, 9.17) is 11.6 Å². The molecule has 0 aliphatic heterocycles. The number of hydrogen-bond acceptors (Lipinski definition) is 3. The average molecular weight is 763 g/mol. The Hall–Kier alpha value is -8.26. The van der Waals surface area contributed by atoms with Gasteiger partial charge in [-0.05, 0) is 148 Å². The first-order valence-electron chi connectivity index (χ1n) is 20.0. The highest BCUT2D eigenvalue weighted by Gasteiger charge is 2.19. The van der Waals surface area contributed by atoms with Crippen molar-refractivity contribution < 1.29 is 0 Å². The first kappa shape index (κ1) is 34.9. The highest BCUT2D eigenvalue weighted by Crippen LogP contribution is 2.47. The molecule has 11 aromatic rings. The zero-order valence-corrected chi connectivity index (χ0v) is 32.4. The predicted octanol–water partition coefficient (Wildman–Crippen LogP) is 15.0. The molecule has 4 heteroatoms. The molecule has 0 spiro atoms. The van der Waals surface area contributed by atoms with Gasteiger partial charge in [0.1, 0.15) is 0 Å². The molecule has 8 aromatic carbocycles. The summed E-state index contributed by atoms with van der Waals surface area (Å²) in [4.78, 5) is 18.1. The number of hydrogen-bond donors (Lipinski definition) is 0. The van der Waals surface area contributed by atoms with Gasteiger partial charge in [-0.2, -0.15) is 0 Å². The monoisotopic (exact) mass is 762 g/mol. The molecule has 0 atom stereocenters. The second kappa shape index (κ2) is 14.6. The van der Waals surface area contributed by atoms with Crippen LogP contribution in [0.4, 0.5) is 5.69 Å². The Labute approximate surface area is 347 Å². The maximum Gasteiger partial charge on any atom is 0.187 e. The summed E-state index contributed by atoms with van der Waals surface area (Å²) in [7, 11) is 0. The SMILES string of the molecule is [C-]#[N+]c1ccc2c(-c3ccc4ccccc4c3)c3cc(-c4ccc(-c5cc(-c6ccccn6)nc(-c6ccccn6)c5)cc4)ccc3c(-c3ccc4ccccc4c3)c2c1. The van der Waals surface area contributed by atoms with E-state index in [0.717, 1.165) is 88.8 Å². The summed E-state index contributed by atoms with van der Waals surface area (Å²) in [6.45, 7) is 7.98. The molecule has 0 aliphatic rings. The van der Waals surface area contributed by atoms with Crippen molar-refractivity contribution in [1.29, 1.82) is 0 Å². The van der Waals surface area contributed by atoms with Crippen molar-refractivity contribution >= 4 is 48.8 Å². The van der Waals surface area contributed by atoms with E-state index in [0.29, 0.717) is 5.69 Å². The second-order valence-electron chi connectivity index (χ2n) is 15.1. The normalized spacial score (nSPS) is 11.3. The first-order chi connectivity index (χ1) is 29.7. The van der Waals surface area contributed by atoms with Gasteiger partial charge in [0.2, 0.25) is 0 Å². The van der Waals surface area contributed by atoms with Crippen molar-refractivity contribution in [3.05, 3.63) is 218 Å². The Morgan fingerprint density at radius 1 is 0.317 bits per heavy atom. The maximum absolute atomic E-state index is 7.98. The Balaban J connectivity index is 1.11. The van der Waals surface area contributed by atoms with Crippen molar-refractivity contribution in [3.63, 3.8) is 0 Å². The predicted molar refractivity (Wildman–Crippen MR) is 249 cm³/mol. The van der Waals surface area contributed by atoms with Crippen LogP contribution >= 0.6 is 0 Å². The third kappa shape index (κ3) is 6.23.